The number of hydrogen-bond acceptors (Lipinski definition) is 4. The van der Waals surface area contributed by atoms with Gasteiger partial charge in [-0.3, -0.25) is 4.79 Å². The molecule has 0 aliphatic carbocycles. The minimum absolute atomic E-state index is 0.0242. The Labute approximate surface area is 132 Å². The highest BCUT2D eigenvalue weighted by Gasteiger charge is 2.31. The molecule has 3 aromatic rings. The first-order valence-corrected chi connectivity index (χ1v) is 7.56. The molecule has 1 aliphatic heterocycles. The number of imidazole rings is 2. The highest BCUT2D eigenvalue weighted by molar-refractivity contribution is 5.97. The molecule has 1 aliphatic rings. The number of carbonyl (C=O) groups is 1. The Morgan fingerprint density at radius 1 is 1.39 bits per heavy atom. The number of nitrogens with zero attached hydrogens (tertiary/aromatic N) is 3. The van der Waals surface area contributed by atoms with E-state index in [1.807, 2.05) is 30.0 Å². The predicted molar refractivity (Wildman–Crippen MR) is 84.0 cm³/mol. The van der Waals surface area contributed by atoms with Crippen molar-refractivity contribution < 1.29 is 9.53 Å². The molecule has 0 bridgehead atoms. The highest BCUT2D eigenvalue weighted by Crippen LogP contribution is 2.24. The number of morpholine rings is 1. The van der Waals surface area contributed by atoms with Crippen LogP contribution in [0.15, 0.2) is 30.7 Å². The van der Waals surface area contributed by atoms with Crippen LogP contribution in [-0.4, -0.2) is 50.5 Å². The molecule has 1 amide bonds. The molecule has 0 spiro atoms. The van der Waals surface area contributed by atoms with Gasteiger partial charge in [0.25, 0.3) is 5.91 Å². The summed E-state index contributed by atoms with van der Waals surface area (Å²) in [6.45, 7) is 3.47. The van der Waals surface area contributed by atoms with E-state index in [1.54, 1.807) is 12.5 Å². The Morgan fingerprint density at radius 3 is 3.13 bits per heavy atom. The van der Waals surface area contributed by atoms with Gasteiger partial charge in [-0.1, -0.05) is 0 Å². The number of hydrogen-bond donors (Lipinski definition) is 2. The van der Waals surface area contributed by atoms with Crippen molar-refractivity contribution in [2.75, 3.05) is 19.8 Å². The second-order valence-electron chi connectivity index (χ2n) is 5.68. The van der Waals surface area contributed by atoms with Gasteiger partial charge in [0.1, 0.15) is 11.9 Å². The van der Waals surface area contributed by atoms with Gasteiger partial charge in [0.15, 0.2) is 0 Å². The monoisotopic (exact) mass is 311 g/mol. The Morgan fingerprint density at radius 2 is 2.30 bits per heavy atom. The van der Waals surface area contributed by atoms with Crippen LogP contribution < -0.4 is 0 Å². The third kappa shape index (κ3) is 2.49. The number of rotatable bonds is 2. The average molecular weight is 311 g/mol. The summed E-state index contributed by atoms with van der Waals surface area (Å²) in [5, 5.41) is 0. The molecule has 1 unspecified atom stereocenters. The fourth-order valence-electron chi connectivity index (χ4n) is 2.91. The fourth-order valence-corrected chi connectivity index (χ4v) is 2.91. The molecular weight excluding hydrogens is 294 g/mol. The lowest BCUT2D eigenvalue weighted by molar-refractivity contribution is -0.00500. The molecule has 0 saturated carbocycles. The van der Waals surface area contributed by atoms with Crippen LogP contribution in [0, 0.1) is 6.92 Å². The average Bonchev–Trinajstić information content (AvgIpc) is 3.22. The lowest BCUT2D eigenvalue weighted by atomic mass is 10.1. The van der Waals surface area contributed by atoms with Gasteiger partial charge >= 0.3 is 0 Å². The highest BCUT2D eigenvalue weighted by atomic mass is 16.5. The Balaban J connectivity index is 1.66. The maximum Gasteiger partial charge on any atom is 0.254 e. The van der Waals surface area contributed by atoms with E-state index in [0.717, 1.165) is 22.6 Å². The molecule has 23 heavy (non-hydrogen) atoms. The molecule has 1 atom stereocenters. The van der Waals surface area contributed by atoms with Crippen molar-refractivity contribution in [3.63, 3.8) is 0 Å². The largest absolute Gasteiger partial charge is 0.377 e. The second kappa shape index (κ2) is 5.51. The number of fused-ring (bicyclic) bond motifs is 1. The molecule has 0 radical (unpaired) electrons. The fraction of sp³-hybridized carbons (Fsp3) is 0.312. The summed E-state index contributed by atoms with van der Waals surface area (Å²) in [5.41, 5.74) is 3.31. The normalized spacial score (nSPS) is 18.5. The number of aryl methyl sites for hydroxylation is 1. The number of H-pyrrole nitrogens is 2. The first-order valence-electron chi connectivity index (χ1n) is 7.56. The molecule has 7 nitrogen and oxygen atoms in total. The summed E-state index contributed by atoms with van der Waals surface area (Å²) < 4.78 is 5.55. The Hall–Kier alpha value is -2.67. The third-order valence-corrected chi connectivity index (χ3v) is 4.09. The van der Waals surface area contributed by atoms with Crippen molar-refractivity contribution in [2.45, 2.75) is 13.0 Å². The second-order valence-corrected chi connectivity index (χ2v) is 5.68. The van der Waals surface area contributed by atoms with E-state index in [1.165, 1.54) is 0 Å². The van der Waals surface area contributed by atoms with Crippen molar-refractivity contribution in [3.05, 3.63) is 47.8 Å². The van der Waals surface area contributed by atoms with E-state index in [-0.39, 0.29) is 11.9 Å². The Bertz CT molecular complexity index is 853. The molecule has 2 N–H and O–H groups in total. The molecule has 1 aromatic carbocycles. The van der Waals surface area contributed by atoms with Gasteiger partial charge in [0, 0.05) is 24.0 Å². The summed E-state index contributed by atoms with van der Waals surface area (Å²) in [6, 6.07) is 5.31. The van der Waals surface area contributed by atoms with Crippen molar-refractivity contribution >= 4 is 16.9 Å². The summed E-state index contributed by atoms with van der Waals surface area (Å²) in [4.78, 5) is 29.6. The zero-order chi connectivity index (χ0) is 15.8. The Kier molecular flexibility index (Phi) is 3.34. The summed E-state index contributed by atoms with van der Waals surface area (Å²) in [5.74, 6) is 0.738. The van der Waals surface area contributed by atoms with Crippen molar-refractivity contribution in [1.82, 2.24) is 24.8 Å². The molecule has 7 heteroatoms. The number of carbonyl (C=O) groups excluding carboxylic acids is 1. The van der Waals surface area contributed by atoms with Crippen LogP contribution in [0.5, 0.6) is 0 Å². The van der Waals surface area contributed by atoms with Crippen LogP contribution >= 0.6 is 0 Å². The molecule has 1 saturated heterocycles. The molecule has 1 fully saturated rings. The van der Waals surface area contributed by atoms with E-state index in [0.29, 0.717) is 25.3 Å². The molecule has 4 rings (SSSR count). The first-order chi connectivity index (χ1) is 11.2. The van der Waals surface area contributed by atoms with Crippen LogP contribution in [0.3, 0.4) is 0 Å². The maximum atomic E-state index is 13.0. The first kappa shape index (κ1) is 14.0. The van der Waals surface area contributed by atoms with Gasteiger partial charge in [-0.15, -0.1) is 0 Å². The topological polar surface area (TPSA) is 86.9 Å². The van der Waals surface area contributed by atoms with Crippen LogP contribution in [0.2, 0.25) is 0 Å². The standard InChI is InChI=1S/C16H17N5O2/c1-10-7-17-15(20-10)14-8-23-5-4-21(14)16(22)11-2-3-12-13(6-11)19-9-18-12/h2-3,6-7,9,14H,4-5,8H2,1H3,(H,17,20)(H,18,19). The van der Waals surface area contributed by atoms with Gasteiger partial charge in [-0.05, 0) is 25.1 Å². The number of nitrogens with one attached hydrogen (secondary N) is 2. The van der Waals surface area contributed by atoms with Crippen LogP contribution in [0.25, 0.3) is 11.0 Å². The summed E-state index contributed by atoms with van der Waals surface area (Å²) in [6.07, 6.45) is 3.39. The number of amides is 1. The third-order valence-electron chi connectivity index (χ3n) is 4.09. The molecule has 118 valence electrons. The lowest BCUT2D eigenvalue weighted by Gasteiger charge is -2.34. The van der Waals surface area contributed by atoms with E-state index in [9.17, 15) is 4.79 Å². The van der Waals surface area contributed by atoms with Crippen molar-refractivity contribution in [3.8, 4) is 0 Å². The van der Waals surface area contributed by atoms with Gasteiger partial charge < -0.3 is 19.6 Å². The SMILES string of the molecule is Cc1cnc(C2COCCN2C(=O)c2ccc3nc[nH]c3c2)[nH]1. The number of aromatic amines is 2. The smallest absolute Gasteiger partial charge is 0.254 e. The van der Waals surface area contributed by atoms with Crippen LogP contribution in [0.1, 0.15) is 27.9 Å². The molecular formula is C16H17N5O2. The maximum absolute atomic E-state index is 13.0. The molecule has 3 heterocycles. The van der Waals surface area contributed by atoms with Crippen LogP contribution in [0.4, 0.5) is 0 Å². The quantitative estimate of drug-likeness (QED) is 0.755. The van der Waals surface area contributed by atoms with E-state index < -0.39 is 0 Å². The number of benzene rings is 1. The van der Waals surface area contributed by atoms with E-state index in [4.69, 9.17) is 4.74 Å². The number of ether oxygens (including phenoxy) is 1. The van der Waals surface area contributed by atoms with Crippen molar-refractivity contribution in [1.29, 1.82) is 0 Å². The predicted octanol–water partition coefficient (Wildman–Crippen LogP) is 1.81. The summed E-state index contributed by atoms with van der Waals surface area (Å²) >= 11 is 0. The van der Waals surface area contributed by atoms with Crippen LogP contribution in [-0.2, 0) is 4.74 Å². The zero-order valence-corrected chi connectivity index (χ0v) is 12.7. The van der Waals surface area contributed by atoms with E-state index in [2.05, 4.69) is 19.9 Å². The minimum Gasteiger partial charge on any atom is -0.377 e. The van der Waals surface area contributed by atoms with Gasteiger partial charge in [0.2, 0.25) is 0 Å². The lowest BCUT2D eigenvalue weighted by Crippen LogP contribution is -2.43. The van der Waals surface area contributed by atoms with E-state index >= 15 is 0 Å². The van der Waals surface area contributed by atoms with Gasteiger partial charge in [-0.2, -0.15) is 0 Å². The van der Waals surface area contributed by atoms with Gasteiger partial charge in [0.05, 0.1) is 30.6 Å². The minimum atomic E-state index is -0.192. The summed E-state index contributed by atoms with van der Waals surface area (Å²) in [7, 11) is 0. The zero-order valence-electron chi connectivity index (χ0n) is 12.7. The van der Waals surface area contributed by atoms with Crippen molar-refractivity contribution in [2.24, 2.45) is 0 Å². The number of aromatic nitrogens is 4. The molecule has 2 aromatic heterocycles. The van der Waals surface area contributed by atoms with Gasteiger partial charge in [-0.25, -0.2) is 9.97 Å².